The summed E-state index contributed by atoms with van der Waals surface area (Å²) in [5, 5.41) is 2.98. The molecule has 5 nitrogen and oxygen atoms in total. The Hall–Kier alpha value is -2.82. The van der Waals surface area contributed by atoms with Crippen LogP contribution in [0.25, 0.3) is 0 Å². The summed E-state index contributed by atoms with van der Waals surface area (Å²) >= 11 is 0. The number of nitrogens with zero attached hydrogens (tertiary/aromatic N) is 1. The Kier molecular flexibility index (Phi) is 8.66. The number of amides is 2. The Morgan fingerprint density at radius 3 is 2.19 bits per heavy atom. The molecule has 1 N–H and O–H groups in total. The van der Waals surface area contributed by atoms with Crippen LogP contribution in [0, 0.1) is 0 Å². The first-order valence-corrected chi connectivity index (χ1v) is 11.0. The summed E-state index contributed by atoms with van der Waals surface area (Å²) in [7, 11) is 0. The Morgan fingerprint density at radius 1 is 0.968 bits per heavy atom. The lowest BCUT2D eigenvalue weighted by molar-refractivity contribution is -0.142. The third kappa shape index (κ3) is 7.74. The minimum atomic E-state index is -0.598. The van der Waals surface area contributed by atoms with Crippen molar-refractivity contribution in [1.29, 1.82) is 0 Å². The summed E-state index contributed by atoms with van der Waals surface area (Å²) in [6.07, 6.45) is 0.669. The molecule has 0 aliphatic carbocycles. The molecule has 0 aromatic heterocycles. The lowest BCUT2D eigenvalue weighted by Crippen LogP contribution is -2.53. The minimum absolute atomic E-state index is 0.105. The van der Waals surface area contributed by atoms with E-state index in [0.29, 0.717) is 18.7 Å². The minimum Gasteiger partial charge on any atom is -0.483 e. The fraction of sp³-hybridized carbons (Fsp3) is 0.462. The average molecular weight is 425 g/mol. The smallest absolute Gasteiger partial charge is 0.261 e. The van der Waals surface area contributed by atoms with Crippen molar-refractivity contribution in [3.63, 3.8) is 0 Å². The molecule has 0 aliphatic heterocycles. The highest BCUT2D eigenvalue weighted by atomic mass is 16.5. The molecule has 0 bridgehead atoms. The van der Waals surface area contributed by atoms with Crippen molar-refractivity contribution in [1.82, 2.24) is 10.2 Å². The van der Waals surface area contributed by atoms with E-state index in [2.05, 4.69) is 19.2 Å². The Bertz CT molecular complexity index is 856. The number of carbonyl (C=O) groups is 2. The highest BCUT2D eigenvalue weighted by molar-refractivity contribution is 5.88. The van der Waals surface area contributed by atoms with E-state index in [1.54, 1.807) is 11.8 Å². The van der Waals surface area contributed by atoms with Crippen LogP contribution in [0.15, 0.2) is 54.6 Å². The average Bonchev–Trinajstić information content (AvgIpc) is 2.71. The quantitative estimate of drug-likeness (QED) is 0.642. The van der Waals surface area contributed by atoms with Crippen molar-refractivity contribution in [2.45, 2.75) is 65.5 Å². The molecule has 31 heavy (non-hydrogen) atoms. The normalized spacial score (nSPS) is 12.4. The van der Waals surface area contributed by atoms with Crippen LogP contribution in [0.5, 0.6) is 5.75 Å². The van der Waals surface area contributed by atoms with E-state index < -0.39 is 6.04 Å². The van der Waals surface area contributed by atoms with Gasteiger partial charge >= 0.3 is 0 Å². The number of nitrogens with one attached hydrogen (secondary N) is 1. The molecule has 2 aromatic carbocycles. The molecule has 0 aliphatic rings. The van der Waals surface area contributed by atoms with Gasteiger partial charge < -0.3 is 15.0 Å². The molecular formula is C26H36N2O3. The summed E-state index contributed by atoms with van der Waals surface area (Å²) in [6.45, 7) is 12.1. The fourth-order valence-electron chi connectivity index (χ4n) is 3.36. The first-order valence-electron chi connectivity index (χ1n) is 11.0. The number of rotatable bonds is 9. The number of hydrogen-bond donors (Lipinski definition) is 1. The third-order valence-electron chi connectivity index (χ3n) is 5.04. The van der Waals surface area contributed by atoms with Crippen molar-refractivity contribution >= 4 is 11.8 Å². The predicted molar refractivity (Wildman–Crippen MR) is 125 cm³/mol. The summed E-state index contributed by atoms with van der Waals surface area (Å²) in [5.41, 5.74) is 1.81. The monoisotopic (exact) mass is 424 g/mol. The highest BCUT2D eigenvalue weighted by Crippen LogP contribution is 2.25. The zero-order chi connectivity index (χ0) is 23.0. The van der Waals surface area contributed by atoms with Gasteiger partial charge in [0, 0.05) is 12.1 Å². The van der Waals surface area contributed by atoms with E-state index in [-0.39, 0.29) is 29.9 Å². The van der Waals surface area contributed by atoms with E-state index in [4.69, 9.17) is 4.74 Å². The highest BCUT2D eigenvalue weighted by Gasteiger charge is 2.28. The van der Waals surface area contributed by atoms with Crippen molar-refractivity contribution in [2.24, 2.45) is 0 Å². The second kappa shape index (κ2) is 11.0. The molecular weight excluding hydrogens is 388 g/mol. The van der Waals surface area contributed by atoms with Crippen LogP contribution in [-0.4, -0.2) is 41.4 Å². The molecule has 168 valence electrons. The van der Waals surface area contributed by atoms with Gasteiger partial charge in [-0.3, -0.25) is 9.59 Å². The van der Waals surface area contributed by atoms with E-state index in [1.165, 1.54) is 0 Å². The van der Waals surface area contributed by atoms with Crippen molar-refractivity contribution in [3.8, 4) is 5.75 Å². The van der Waals surface area contributed by atoms with Gasteiger partial charge in [-0.15, -0.1) is 0 Å². The Labute approximate surface area is 186 Å². The number of ether oxygens (including phenoxy) is 1. The van der Waals surface area contributed by atoms with Crippen LogP contribution in [0.2, 0.25) is 0 Å². The number of hydrogen-bond acceptors (Lipinski definition) is 3. The molecule has 0 radical (unpaired) electrons. The molecule has 0 fully saturated rings. The molecule has 0 saturated heterocycles. The molecule has 0 spiro atoms. The summed E-state index contributed by atoms with van der Waals surface area (Å²) in [6, 6.07) is 17.1. The van der Waals surface area contributed by atoms with Gasteiger partial charge in [-0.1, -0.05) is 62.4 Å². The summed E-state index contributed by atoms with van der Waals surface area (Å²) in [5.74, 6) is 0.625. The molecule has 1 atom stereocenters. The van der Waals surface area contributed by atoms with Crippen LogP contribution in [0.3, 0.4) is 0 Å². The standard InChI is InChI=1S/C26H36N2O3/c1-19(2)22-14-10-11-15-23(22)31-18-24(29)28(17-16-21-12-8-7-9-13-21)20(3)25(30)27-26(4,5)6/h7-15,19-20H,16-18H2,1-6H3,(H,27,30). The van der Waals surface area contributed by atoms with Crippen LogP contribution in [0.4, 0.5) is 0 Å². The first kappa shape index (κ1) is 24.4. The van der Waals surface area contributed by atoms with Gasteiger partial charge in [0.05, 0.1) is 0 Å². The predicted octanol–water partition coefficient (Wildman–Crippen LogP) is 4.56. The molecule has 1 unspecified atom stereocenters. The van der Waals surface area contributed by atoms with Gasteiger partial charge in [0.1, 0.15) is 11.8 Å². The molecule has 0 heterocycles. The van der Waals surface area contributed by atoms with Crippen LogP contribution >= 0.6 is 0 Å². The van der Waals surface area contributed by atoms with Crippen molar-refractivity contribution < 1.29 is 14.3 Å². The van der Waals surface area contributed by atoms with Gasteiger partial charge in [-0.2, -0.15) is 0 Å². The van der Waals surface area contributed by atoms with Gasteiger partial charge in [0.25, 0.3) is 5.91 Å². The van der Waals surface area contributed by atoms with E-state index >= 15 is 0 Å². The molecule has 5 heteroatoms. The molecule has 2 amide bonds. The third-order valence-corrected chi connectivity index (χ3v) is 5.04. The maximum Gasteiger partial charge on any atom is 0.261 e. The molecule has 0 saturated carbocycles. The maximum atomic E-state index is 13.2. The first-order chi connectivity index (χ1) is 14.6. The lowest BCUT2D eigenvalue weighted by Gasteiger charge is -2.31. The molecule has 2 rings (SSSR count). The second-order valence-electron chi connectivity index (χ2n) is 9.22. The fourth-order valence-corrected chi connectivity index (χ4v) is 3.36. The number of carbonyl (C=O) groups excluding carboxylic acids is 2. The topological polar surface area (TPSA) is 58.6 Å². The zero-order valence-corrected chi connectivity index (χ0v) is 19.6. The largest absolute Gasteiger partial charge is 0.483 e. The second-order valence-corrected chi connectivity index (χ2v) is 9.22. The number of para-hydroxylation sites is 1. The number of benzene rings is 2. The maximum absolute atomic E-state index is 13.2. The van der Waals surface area contributed by atoms with E-state index in [0.717, 1.165) is 11.1 Å². The van der Waals surface area contributed by atoms with Gasteiger partial charge in [-0.25, -0.2) is 0 Å². The Morgan fingerprint density at radius 2 is 1.58 bits per heavy atom. The summed E-state index contributed by atoms with van der Waals surface area (Å²) < 4.78 is 5.90. The van der Waals surface area contributed by atoms with E-state index in [1.807, 2.05) is 75.4 Å². The van der Waals surface area contributed by atoms with Crippen LogP contribution in [0.1, 0.15) is 58.6 Å². The van der Waals surface area contributed by atoms with Crippen molar-refractivity contribution in [3.05, 3.63) is 65.7 Å². The van der Waals surface area contributed by atoms with Crippen LogP contribution in [-0.2, 0) is 16.0 Å². The van der Waals surface area contributed by atoms with Crippen LogP contribution < -0.4 is 10.1 Å². The Balaban J connectivity index is 2.14. The van der Waals surface area contributed by atoms with Gasteiger partial charge in [0.15, 0.2) is 6.61 Å². The lowest BCUT2D eigenvalue weighted by atomic mass is 10.0. The van der Waals surface area contributed by atoms with Gasteiger partial charge in [-0.05, 0) is 57.2 Å². The molecule has 2 aromatic rings. The van der Waals surface area contributed by atoms with E-state index in [9.17, 15) is 9.59 Å². The van der Waals surface area contributed by atoms with Gasteiger partial charge in [0.2, 0.25) is 5.91 Å². The zero-order valence-electron chi connectivity index (χ0n) is 19.6. The van der Waals surface area contributed by atoms with Crippen molar-refractivity contribution in [2.75, 3.05) is 13.2 Å². The summed E-state index contributed by atoms with van der Waals surface area (Å²) in [4.78, 5) is 27.6. The SMILES string of the molecule is CC(C)c1ccccc1OCC(=O)N(CCc1ccccc1)C(C)C(=O)NC(C)(C)C.